The summed E-state index contributed by atoms with van der Waals surface area (Å²) in [4.78, 5) is 5.43. The molecule has 0 amide bonds. The van der Waals surface area contributed by atoms with Crippen LogP contribution >= 0.6 is 23.2 Å². The first-order valence-corrected chi connectivity index (χ1v) is 9.32. The highest BCUT2D eigenvalue weighted by molar-refractivity contribution is 7.90. The molecule has 124 valence electrons. The summed E-state index contributed by atoms with van der Waals surface area (Å²) in [5.41, 5.74) is 0.647. The van der Waals surface area contributed by atoms with E-state index in [1.54, 1.807) is 25.2 Å². The van der Waals surface area contributed by atoms with Crippen LogP contribution in [0.1, 0.15) is 25.5 Å². The van der Waals surface area contributed by atoms with Crippen molar-refractivity contribution in [2.75, 3.05) is 20.2 Å². The fraction of sp³-hybridized carbons (Fsp3) is 0.571. The third-order valence-electron chi connectivity index (χ3n) is 3.58. The first-order chi connectivity index (χ1) is 10.2. The van der Waals surface area contributed by atoms with Gasteiger partial charge in [-0.2, -0.15) is 5.06 Å². The second-order valence-corrected chi connectivity index (χ2v) is 8.52. The number of hydrogen-bond donors (Lipinski definition) is 1. The van der Waals surface area contributed by atoms with Crippen LogP contribution in [0.5, 0.6) is 0 Å². The standard InChI is InChI=1S/C14H20Cl2N2O3S/c1-9(2)7-17-22(19,20)12-8-21-18(3)14(12)10-5-4-6-11(15)13(10)16/h4-6,9,12,14,17H,7-8H2,1-3H3/t12-,14-/m0/s1. The molecular formula is C14H20Cl2N2O3S. The third-order valence-corrected chi connectivity index (χ3v) is 6.17. The zero-order valence-corrected chi connectivity index (χ0v) is 15.0. The fourth-order valence-corrected chi connectivity index (χ4v) is 4.49. The number of hydroxylamine groups is 2. The minimum absolute atomic E-state index is 0.0808. The van der Waals surface area contributed by atoms with Gasteiger partial charge in [0.2, 0.25) is 10.0 Å². The van der Waals surface area contributed by atoms with Crippen LogP contribution in [0, 0.1) is 5.92 Å². The largest absolute Gasteiger partial charge is 0.297 e. The average molecular weight is 367 g/mol. The van der Waals surface area contributed by atoms with Crippen LogP contribution in [0.15, 0.2) is 18.2 Å². The summed E-state index contributed by atoms with van der Waals surface area (Å²) >= 11 is 12.3. The molecular weight excluding hydrogens is 347 g/mol. The van der Waals surface area contributed by atoms with Gasteiger partial charge in [0.15, 0.2) is 0 Å². The van der Waals surface area contributed by atoms with E-state index in [0.717, 1.165) is 0 Å². The molecule has 0 bridgehead atoms. The summed E-state index contributed by atoms with van der Waals surface area (Å²) in [6.07, 6.45) is 0. The molecule has 2 atom stereocenters. The zero-order valence-electron chi connectivity index (χ0n) is 12.7. The normalized spacial score (nSPS) is 23.4. The molecule has 0 aliphatic carbocycles. The van der Waals surface area contributed by atoms with E-state index in [1.165, 1.54) is 5.06 Å². The van der Waals surface area contributed by atoms with Gasteiger partial charge in [0, 0.05) is 13.6 Å². The molecule has 1 aliphatic heterocycles. The van der Waals surface area contributed by atoms with Crippen molar-refractivity contribution in [1.82, 2.24) is 9.79 Å². The van der Waals surface area contributed by atoms with Crippen LogP contribution < -0.4 is 4.72 Å². The van der Waals surface area contributed by atoms with Crippen molar-refractivity contribution in [3.8, 4) is 0 Å². The fourth-order valence-electron chi connectivity index (χ4n) is 2.39. The maximum absolute atomic E-state index is 12.6. The van der Waals surface area contributed by atoms with E-state index < -0.39 is 21.3 Å². The summed E-state index contributed by atoms with van der Waals surface area (Å²) in [6.45, 7) is 4.37. The van der Waals surface area contributed by atoms with Gasteiger partial charge in [-0.25, -0.2) is 13.1 Å². The van der Waals surface area contributed by atoms with Gasteiger partial charge in [0.25, 0.3) is 0 Å². The van der Waals surface area contributed by atoms with Crippen molar-refractivity contribution in [2.45, 2.75) is 25.1 Å². The number of hydrogen-bond acceptors (Lipinski definition) is 4. The van der Waals surface area contributed by atoms with Crippen LogP contribution in [0.4, 0.5) is 0 Å². The molecule has 1 heterocycles. The predicted octanol–water partition coefficient (Wildman–Crippen LogP) is 2.86. The highest BCUT2D eigenvalue weighted by atomic mass is 35.5. The molecule has 1 aromatic carbocycles. The van der Waals surface area contributed by atoms with Gasteiger partial charge in [0.05, 0.1) is 22.7 Å². The first-order valence-electron chi connectivity index (χ1n) is 7.02. The van der Waals surface area contributed by atoms with Gasteiger partial charge in [-0.05, 0) is 17.5 Å². The van der Waals surface area contributed by atoms with Gasteiger partial charge < -0.3 is 0 Å². The first kappa shape index (κ1) is 18.0. The Morgan fingerprint density at radius 3 is 2.73 bits per heavy atom. The van der Waals surface area contributed by atoms with E-state index in [9.17, 15) is 8.42 Å². The minimum atomic E-state index is -3.53. The zero-order chi connectivity index (χ0) is 16.5. The van der Waals surface area contributed by atoms with E-state index in [0.29, 0.717) is 22.2 Å². The molecule has 2 rings (SSSR count). The number of benzene rings is 1. The van der Waals surface area contributed by atoms with Crippen LogP contribution in [0.3, 0.4) is 0 Å². The lowest BCUT2D eigenvalue weighted by atomic mass is 10.0. The van der Waals surface area contributed by atoms with Crippen molar-refractivity contribution >= 4 is 33.2 Å². The Hall–Kier alpha value is -0.370. The van der Waals surface area contributed by atoms with Crippen molar-refractivity contribution in [2.24, 2.45) is 5.92 Å². The molecule has 1 saturated heterocycles. The van der Waals surface area contributed by atoms with Gasteiger partial charge in [-0.3, -0.25) is 4.84 Å². The van der Waals surface area contributed by atoms with E-state index >= 15 is 0 Å². The van der Waals surface area contributed by atoms with Crippen molar-refractivity contribution in [3.63, 3.8) is 0 Å². The van der Waals surface area contributed by atoms with Gasteiger partial charge in [-0.15, -0.1) is 0 Å². The van der Waals surface area contributed by atoms with E-state index in [1.807, 2.05) is 13.8 Å². The highest BCUT2D eigenvalue weighted by Gasteiger charge is 2.44. The predicted molar refractivity (Wildman–Crippen MR) is 88.5 cm³/mol. The molecule has 8 heteroatoms. The average Bonchev–Trinajstić information content (AvgIpc) is 2.82. The molecule has 0 aromatic heterocycles. The number of nitrogens with one attached hydrogen (secondary N) is 1. The quantitative estimate of drug-likeness (QED) is 0.870. The lowest BCUT2D eigenvalue weighted by Gasteiger charge is -2.24. The van der Waals surface area contributed by atoms with Crippen LogP contribution in [-0.2, 0) is 14.9 Å². The third kappa shape index (κ3) is 3.75. The highest BCUT2D eigenvalue weighted by Crippen LogP contribution is 2.39. The van der Waals surface area contributed by atoms with E-state index in [4.69, 9.17) is 28.0 Å². The molecule has 22 heavy (non-hydrogen) atoms. The minimum Gasteiger partial charge on any atom is -0.297 e. The van der Waals surface area contributed by atoms with Crippen molar-refractivity contribution in [1.29, 1.82) is 0 Å². The van der Waals surface area contributed by atoms with Crippen molar-refractivity contribution < 1.29 is 13.3 Å². The maximum Gasteiger partial charge on any atom is 0.218 e. The number of sulfonamides is 1. The SMILES string of the molecule is CC(C)CNS(=O)(=O)[C@H]1CON(C)[C@H]1c1cccc(Cl)c1Cl. The molecule has 1 aliphatic rings. The Balaban J connectivity index is 2.34. The molecule has 0 saturated carbocycles. The second-order valence-electron chi connectivity index (χ2n) is 5.76. The Morgan fingerprint density at radius 2 is 2.09 bits per heavy atom. The van der Waals surface area contributed by atoms with Crippen LogP contribution in [0.25, 0.3) is 0 Å². The lowest BCUT2D eigenvalue weighted by Crippen LogP contribution is -2.40. The Morgan fingerprint density at radius 1 is 1.41 bits per heavy atom. The number of nitrogens with zero attached hydrogens (tertiary/aromatic N) is 1. The molecule has 0 unspecified atom stereocenters. The Labute approximate surface area is 141 Å². The molecule has 1 fully saturated rings. The van der Waals surface area contributed by atoms with E-state index in [-0.39, 0.29) is 12.5 Å². The molecule has 1 aromatic rings. The molecule has 1 N–H and O–H groups in total. The molecule has 5 nitrogen and oxygen atoms in total. The van der Waals surface area contributed by atoms with Crippen molar-refractivity contribution in [3.05, 3.63) is 33.8 Å². The topological polar surface area (TPSA) is 58.6 Å². The van der Waals surface area contributed by atoms with Crippen LogP contribution in [0.2, 0.25) is 10.0 Å². The smallest absolute Gasteiger partial charge is 0.218 e. The molecule has 0 radical (unpaired) electrons. The Kier molecular flexibility index (Phi) is 5.74. The number of rotatable bonds is 5. The van der Waals surface area contributed by atoms with Gasteiger partial charge >= 0.3 is 0 Å². The summed E-state index contributed by atoms with van der Waals surface area (Å²) in [7, 11) is -1.84. The maximum atomic E-state index is 12.6. The summed E-state index contributed by atoms with van der Waals surface area (Å²) in [5.74, 6) is 0.225. The molecule has 0 spiro atoms. The van der Waals surface area contributed by atoms with Gasteiger partial charge in [-0.1, -0.05) is 49.2 Å². The van der Waals surface area contributed by atoms with E-state index in [2.05, 4.69) is 4.72 Å². The Bertz CT molecular complexity index is 637. The number of halogens is 2. The van der Waals surface area contributed by atoms with Gasteiger partial charge in [0.1, 0.15) is 5.25 Å². The van der Waals surface area contributed by atoms with Crippen LogP contribution in [-0.4, -0.2) is 38.9 Å². The monoisotopic (exact) mass is 366 g/mol. The summed E-state index contributed by atoms with van der Waals surface area (Å²) < 4.78 is 27.8. The second kappa shape index (κ2) is 7.03. The summed E-state index contributed by atoms with van der Waals surface area (Å²) in [5, 5.41) is 1.53. The summed E-state index contributed by atoms with van der Waals surface area (Å²) in [6, 6.07) is 4.69. The lowest BCUT2D eigenvalue weighted by molar-refractivity contribution is -0.110.